The normalized spacial score (nSPS) is 12.0. The number of nitrogens with zero attached hydrogens (tertiary/aromatic N) is 1. The zero-order valence-electron chi connectivity index (χ0n) is 13.9. The number of benzene rings is 2. The number of amides is 1. The molecule has 0 bridgehead atoms. The Kier molecular flexibility index (Phi) is 6.62. The van der Waals surface area contributed by atoms with Crippen LogP contribution in [0.5, 0.6) is 17.2 Å². The molecule has 0 saturated heterocycles. The van der Waals surface area contributed by atoms with Crippen molar-refractivity contribution in [3.63, 3.8) is 0 Å². The fraction of sp³-hybridized carbons (Fsp3) is 0.278. The highest BCUT2D eigenvalue weighted by molar-refractivity contribution is 5.94. The fourth-order valence-electron chi connectivity index (χ4n) is 2.14. The highest BCUT2D eigenvalue weighted by Gasteiger charge is 2.15. The number of carbonyl (C=O) groups is 1. The number of aromatic hydroxyl groups is 2. The summed E-state index contributed by atoms with van der Waals surface area (Å²) < 4.78 is 5.48. The third-order valence-electron chi connectivity index (χ3n) is 3.50. The summed E-state index contributed by atoms with van der Waals surface area (Å²) in [6, 6.07) is 13.0. The molecule has 25 heavy (non-hydrogen) atoms. The van der Waals surface area contributed by atoms with Crippen LogP contribution in [0.4, 0.5) is 0 Å². The monoisotopic (exact) mass is 346 g/mol. The minimum atomic E-state index is -0.798. The van der Waals surface area contributed by atoms with Gasteiger partial charge in [0.05, 0.1) is 0 Å². The van der Waals surface area contributed by atoms with Crippen molar-refractivity contribution < 1.29 is 24.9 Å². The van der Waals surface area contributed by atoms with Crippen molar-refractivity contribution in [2.24, 2.45) is 0 Å². The molecule has 4 N–H and O–H groups in total. The molecule has 0 aliphatic carbocycles. The first-order valence-electron chi connectivity index (χ1n) is 7.93. The minimum absolute atomic E-state index is 0.0936. The largest absolute Gasteiger partial charge is 0.504 e. The molecule has 0 aliphatic heterocycles. The van der Waals surface area contributed by atoms with Gasteiger partial charge in [0, 0.05) is 18.7 Å². The third-order valence-corrected chi connectivity index (χ3v) is 3.50. The van der Waals surface area contributed by atoms with Crippen LogP contribution in [0.3, 0.4) is 0 Å². The number of rotatable bonds is 8. The lowest BCUT2D eigenvalue weighted by Crippen LogP contribution is -2.47. The molecule has 0 aromatic heterocycles. The van der Waals surface area contributed by atoms with Gasteiger partial charge in [0.25, 0.3) is 5.91 Å². The highest BCUT2D eigenvalue weighted by Crippen LogP contribution is 2.24. The van der Waals surface area contributed by atoms with Crippen LogP contribution in [0.15, 0.2) is 48.5 Å². The molecule has 134 valence electrons. The maximum Gasteiger partial charge on any atom is 0.265 e. The van der Waals surface area contributed by atoms with Gasteiger partial charge in [-0.2, -0.15) is 0 Å². The second-order valence-corrected chi connectivity index (χ2v) is 5.46. The minimum Gasteiger partial charge on any atom is -0.504 e. The van der Waals surface area contributed by atoms with Crippen LogP contribution in [-0.2, 0) is 0 Å². The van der Waals surface area contributed by atoms with Crippen molar-refractivity contribution >= 4 is 5.91 Å². The number of hydrogen-bond acceptors (Lipinski definition) is 6. The zero-order valence-corrected chi connectivity index (χ0v) is 13.9. The van der Waals surface area contributed by atoms with Gasteiger partial charge in [-0.25, -0.2) is 5.01 Å². The first-order valence-corrected chi connectivity index (χ1v) is 7.93. The lowest BCUT2D eigenvalue weighted by Gasteiger charge is -2.24. The molecular formula is C18H22N2O5. The maximum atomic E-state index is 12.2. The second-order valence-electron chi connectivity index (χ2n) is 5.46. The molecule has 2 rings (SSSR count). The number of hydrogen-bond donors (Lipinski definition) is 4. The van der Waals surface area contributed by atoms with Crippen LogP contribution >= 0.6 is 0 Å². The van der Waals surface area contributed by atoms with Crippen molar-refractivity contribution in [2.45, 2.75) is 13.0 Å². The molecule has 1 unspecified atom stereocenters. The van der Waals surface area contributed by atoms with E-state index in [0.29, 0.717) is 12.3 Å². The number of hydrazine groups is 1. The quantitative estimate of drug-likeness (QED) is 0.427. The molecule has 0 heterocycles. The van der Waals surface area contributed by atoms with Crippen molar-refractivity contribution in [3.8, 4) is 17.2 Å². The lowest BCUT2D eigenvalue weighted by atomic mass is 10.2. The molecule has 0 saturated carbocycles. The molecule has 2 aromatic rings. The van der Waals surface area contributed by atoms with Gasteiger partial charge >= 0.3 is 0 Å². The second kappa shape index (κ2) is 8.91. The van der Waals surface area contributed by atoms with E-state index in [1.54, 1.807) is 17.1 Å². The van der Waals surface area contributed by atoms with E-state index in [1.807, 2.05) is 25.1 Å². The molecular weight excluding hydrogens is 324 g/mol. The predicted molar refractivity (Wildman–Crippen MR) is 92.4 cm³/mol. The summed E-state index contributed by atoms with van der Waals surface area (Å²) in [7, 11) is 0. The van der Waals surface area contributed by atoms with Gasteiger partial charge in [-0.05, 0) is 30.3 Å². The Morgan fingerprint density at radius 2 is 1.88 bits per heavy atom. The number of phenolic OH excluding ortho intramolecular Hbond substituents is 2. The SMILES string of the molecule is CCN(CC(O)COc1ccccc1)NC(=O)c1ccc(O)c(O)c1. The lowest BCUT2D eigenvalue weighted by molar-refractivity contribution is 0.0447. The van der Waals surface area contributed by atoms with Crippen LogP contribution in [-0.4, -0.2) is 52.0 Å². The Morgan fingerprint density at radius 1 is 1.16 bits per heavy atom. The molecule has 0 aliphatic rings. The van der Waals surface area contributed by atoms with Crippen molar-refractivity contribution in [1.29, 1.82) is 0 Å². The topological polar surface area (TPSA) is 102 Å². The first kappa shape index (κ1) is 18.6. The summed E-state index contributed by atoms with van der Waals surface area (Å²) in [5.74, 6) is -0.453. The standard InChI is InChI=1S/C18H22N2O5/c1-2-20(11-14(21)12-25-15-6-4-3-5-7-15)19-18(24)13-8-9-16(22)17(23)10-13/h3-10,14,21-23H,2,11-12H2,1H3,(H,19,24). The van der Waals surface area contributed by atoms with E-state index in [9.17, 15) is 20.1 Å². The van der Waals surface area contributed by atoms with Gasteiger partial charge in [0.1, 0.15) is 18.5 Å². The Bertz CT molecular complexity index is 693. The number of aliphatic hydroxyl groups excluding tert-OH is 1. The summed E-state index contributed by atoms with van der Waals surface area (Å²) in [5.41, 5.74) is 2.84. The van der Waals surface area contributed by atoms with Crippen molar-refractivity contribution in [3.05, 3.63) is 54.1 Å². The first-order chi connectivity index (χ1) is 12.0. The predicted octanol–water partition coefficient (Wildman–Crippen LogP) is 1.50. The van der Waals surface area contributed by atoms with Crippen LogP contribution in [0.25, 0.3) is 0 Å². The maximum absolute atomic E-state index is 12.2. The van der Waals surface area contributed by atoms with Crippen molar-refractivity contribution in [2.75, 3.05) is 19.7 Å². The summed E-state index contributed by atoms with van der Waals surface area (Å²) in [5, 5.41) is 30.4. The van der Waals surface area contributed by atoms with Crippen LogP contribution in [0.2, 0.25) is 0 Å². The molecule has 0 fully saturated rings. The number of carbonyl (C=O) groups excluding carboxylic acids is 1. The van der Waals surface area contributed by atoms with Gasteiger partial charge < -0.3 is 20.1 Å². The Morgan fingerprint density at radius 3 is 2.52 bits per heavy atom. The number of para-hydroxylation sites is 1. The molecule has 1 atom stereocenters. The Labute approximate surface area is 146 Å². The summed E-state index contributed by atoms with van der Waals surface area (Å²) in [6.45, 7) is 2.58. The zero-order chi connectivity index (χ0) is 18.2. The van der Waals surface area contributed by atoms with Crippen molar-refractivity contribution in [1.82, 2.24) is 10.4 Å². The number of phenols is 2. The number of likely N-dealkylation sites (N-methyl/N-ethyl adjacent to an activating group) is 1. The summed E-state index contributed by atoms with van der Waals surface area (Å²) in [6.07, 6.45) is -0.798. The number of ether oxygens (including phenoxy) is 1. The average Bonchev–Trinajstić information content (AvgIpc) is 2.62. The summed E-state index contributed by atoms with van der Waals surface area (Å²) in [4.78, 5) is 12.2. The van der Waals surface area contributed by atoms with Gasteiger partial charge in [-0.1, -0.05) is 25.1 Å². The van der Waals surface area contributed by atoms with Crippen LogP contribution < -0.4 is 10.2 Å². The van der Waals surface area contributed by atoms with E-state index in [2.05, 4.69) is 5.43 Å². The Hall–Kier alpha value is -2.77. The highest BCUT2D eigenvalue weighted by atomic mass is 16.5. The smallest absolute Gasteiger partial charge is 0.265 e. The molecule has 0 spiro atoms. The van der Waals surface area contributed by atoms with Gasteiger partial charge in [0.15, 0.2) is 11.5 Å². The van der Waals surface area contributed by atoms with Crippen LogP contribution in [0, 0.1) is 0 Å². The summed E-state index contributed by atoms with van der Waals surface area (Å²) >= 11 is 0. The van der Waals surface area contributed by atoms with Gasteiger partial charge in [-0.3, -0.25) is 10.2 Å². The van der Waals surface area contributed by atoms with E-state index >= 15 is 0 Å². The van der Waals surface area contributed by atoms with E-state index in [-0.39, 0.29) is 30.2 Å². The number of aliphatic hydroxyl groups is 1. The molecule has 1 amide bonds. The molecule has 7 heteroatoms. The average molecular weight is 346 g/mol. The van der Waals surface area contributed by atoms with E-state index in [4.69, 9.17) is 4.74 Å². The number of nitrogens with one attached hydrogen (secondary N) is 1. The van der Waals surface area contributed by atoms with E-state index in [1.165, 1.54) is 18.2 Å². The fourth-order valence-corrected chi connectivity index (χ4v) is 2.14. The Balaban J connectivity index is 1.86. The van der Waals surface area contributed by atoms with E-state index < -0.39 is 12.0 Å². The third kappa shape index (κ3) is 5.66. The van der Waals surface area contributed by atoms with Gasteiger partial charge in [0.2, 0.25) is 0 Å². The molecule has 7 nitrogen and oxygen atoms in total. The van der Waals surface area contributed by atoms with Gasteiger partial charge in [-0.15, -0.1) is 0 Å². The van der Waals surface area contributed by atoms with E-state index in [0.717, 1.165) is 0 Å². The van der Waals surface area contributed by atoms with Crippen LogP contribution in [0.1, 0.15) is 17.3 Å². The molecule has 2 aromatic carbocycles. The molecule has 0 radical (unpaired) electrons.